The highest BCUT2D eigenvalue weighted by Gasteiger charge is 2.38. The second kappa shape index (κ2) is 3.96. The summed E-state index contributed by atoms with van der Waals surface area (Å²) in [6.07, 6.45) is 0.591. The number of carbonyl (C=O) groups excluding carboxylic acids is 1. The molecule has 0 saturated carbocycles. The van der Waals surface area contributed by atoms with Gasteiger partial charge < -0.3 is 10.8 Å². The molecule has 14 heavy (non-hydrogen) atoms. The molecule has 0 aromatic rings. The van der Waals surface area contributed by atoms with Gasteiger partial charge in [0, 0.05) is 12.6 Å². The first-order valence-corrected chi connectivity index (χ1v) is 4.73. The number of hydrogen-bond donors (Lipinski definition) is 2. The molecule has 1 rings (SSSR count). The minimum absolute atomic E-state index is 0.116. The van der Waals surface area contributed by atoms with Gasteiger partial charge in [-0.25, -0.2) is 0 Å². The lowest BCUT2D eigenvalue weighted by Gasteiger charge is -2.27. The topological polar surface area (TPSA) is 83.6 Å². The largest absolute Gasteiger partial charge is 0.481 e. The van der Waals surface area contributed by atoms with Gasteiger partial charge in [0.05, 0.1) is 12.0 Å². The van der Waals surface area contributed by atoms with Crippen molar-refractivity contribution in [1.29, 1.82) is 0 Å². The molecule has 3 unspecified atom stereocenters. The molecule has 1 amide bonds. The fraction of sp³-hybridized carbons (Fsp3) is 0.778. The summed E-state index contributed by atoms with van der Waals surface area (Å²) in [6, 6.07) is -0.496. The highest BCUT2D eigenvalue weighted by molar-refractivity contribution is 5.79. The predicted octanol–water partition coefficient (Wildman–Crippen LogP) is -0.345. The summed E-state index contributed by atoms with van der Waals surface area (Å²) in [5.74, 6) is -1.57. The Hall–Kier alpha value is -1.10. The average Bonchev–Trinajstić information content (AvgIpc) is 2.45. The highest BCUT2D eigenvalue weighted by Crippen LogP contribution is 2.25. The lowest BCUT2D eigenvalue weighted by Crippen LogP contribution is -2.46. The number of carboxylic acids is 1. The van der Waals surface area contributed by atoms with Gasteiger partial charge in [-0.2, -0.15) is 0 Å². The van der Waals surface area contributed by atoms with Crippen molar-refractivity contribution >= 4 is 11.9 Å². The highest BCUT2D eigenvalue weighted by atomic mass is 16.4. The van der Waals surface area contributed by atoms with Crippen molar-refractivity contribution in [2.45, 2.75) is 32.4 Å². The fourth-order valence-electron chi connectivity index (χ4n) is 2.00. The summed E-state index contributed by atoms with van der Waals surface area (Å²) < 4.78 is 0. The van der Waals surface area contributed by atoms with E-state index in [-0.39, 0.29) is 18.0 Å². The van der Waals surface area contributed by atoms with Crippen molar-refractivity contribution in [3.8, 4) is 0 Å². The zero-order chi connectivity index (χ0) is 10.9. The monoisotopic (exact) mass is 200 g/mol. The Morgan fingerprint density at radius 3 is 2.50 bits per heavy atom. The number of nitrogens with zero attached hydrogens (tertiary/aromatic N) is 1. The molecule has 1 fully saturated rings. The standard InChI is InChI=1S/C9H16N2O3/c1-5-7(9(13)14)3-4-11(5)6(2)8(10)12/h5-7H,3-4H2,1-2H3,(H2,10,12)(H,13,14). The summed E-state index contributed by atoms with van der Waals surface area (Å²) in [6.45, 7) is 4.16. The van der Waals surface area contributed by atoms with Gasteiger partial charge in [0.15, 0.2) is 0 Å². The predicted molar refractivity (Wildman–Crippen MR) is 50.6 cm³/mol. The number of amides is 1. The second-order valence-corrected chi connectivity index (χ2v) is 3.79. The quantitative estimate of drug-likeness (QED) is 0.652. The van der Waals surface area contributed by atoms with E-state index in [4.69, 9.17) is 10.8 Å². The number of nitrogens with two attached hydrogens (primary N) is 1. The number of aliphatic carboxylic acids is 1. The zero-order valence-electron chi connectivity index (χ0n) is 8.43. The summed E-state index contributed by atoms with van der Waals surface area (Å²) >= 11 is 0. The zero-order valence-corrected chi connectivity index (χ0v) is 8.43. The Bertz CT molecular complexity index is 254. The summed E-state index contributed by atoms with van der Waals surface area (Å²) in [4.78, 5) is 23.6. The van der Waals surface area contributed by atoms with Crippen LogP contribution < -0.4 is 5.73 Å². The molecule has 80 valence electrons. The first kappa shape index (κ1) is 11.0. The Labute approximate surface area is 82.9 Å². The molecule has 0 bridgehead atoms. The maximum absolute atomic E-state index is 10.9. The number of primary amides is 1. The Kier molecular flexibility index (Phi) is 3.10. The van der Waals surface area contributed by atoms with Crippen LogP contribution in [0.3, 0.4) is 0 Å². The third kappa shape index (κ3) is 1.87. The molecule has 0 aromatic heterocycles. The smallest absolute Gasteiger partial charge is 0.308 e. The van der Waals surface area contributed by atoms with Gasteiger partial charge >= 0.3 is 5.97 Å². The third-order valence-corrected chi connectivity index (χ3v) is 3.03. The van der Waals surface area contributed by atoms with Crippen LogP contribution in [0.25, 0.3) is 0 Å². The summed E-state index contributed by atoms with van der Waals surface area (Å²) in [5, 5.41) is 8.88. The van der Waals surface area contributed by atoms with Gasteiger partial charge in [-0.15, -0.1) is 0 Å². The van der Waals surface area contributed by atoms with E-state index >= 15 is 0 Å². The maximum Gasteiger partial charge on any atom is 0.308 e. The Balaban J connectivity index is 2.68. The van der Waals surface area contributed by atoms with E-state index in [1.807, 2.05) is 11.8 Å². The second-order valence-electron chi connectivity index (χ2n) is 3.79. The number of carbonyl (C=O) groups is 2. The van der Waals surface area contributed by atoms with E-state index in [1.165, 1.54) is 0 Å². The molecule has 5 nitrogen and oxygen atoms in total. The lowest BCUT2D eigenvalue weighted by molar-refractivity contribution is -0.142. The van der Waals surface area contributed by atoms with E-state index in [0.717, 1.165) is 0 Å². The molecule has 0 aromatic carbocycles. The molecular formula is C9H16N2O3. The average molecular weight is 200 g/mol. The maximum atomic E-state index is 10.9. The number of hydrogen-bond acceptors (Lipinski definition) is 3. The van der Waals surface area contributed by atoms with Gasteiger partial charge in [-0.05, 0) is 20.3 Å². The van der Waals surface area contributed by atoms with Gasteiger partial charge in [0.2, 0.25) is 5.91 Å². The molecule has 0 spiro atoms. The molecule has 3 N–H and O–H groups in total. The van der Waals surface area contributed by atoms with Crippen molar-refractivity contribution in [3.63, 3.8) is 0 Å². The van der Waals surface area contributed by atoms with Crippen molar-refractivity contribution < 1.29 is 14.7 Å². The third-order valence-electron chi connectivity index (χ3n) is 3.03. The van der Waals surface area contributed by atoms with Crippen LogP contribution in [0.1, 0.15) is 20.3 Å². The van der Waals surface area contributed by atoms with Crippen molar-refractivity contribution in [2.75, 3.05) is 6.54 Å². The molecule has 0 radical (unpaired) electrons. The molecule has 5 heteroatoms. The Morgan fingerprint density at radius 1 is 1.57 bits per heavy atom. The van der Waals surface area contributed by atoms with Crippen molar-refractivity contribution in [1.82, 2.24) is 4.90 Å². The normalized spacial score (nSPS) is 30.1. The molecular weight excluding hydrogens is 184 g/mol. The Morgan fingerprint density at radius 2 is 2.14 bits per heavy atom. The SMILES string of the molecule is CC(C(N)=O)N1CCC(C(=O)O)C1C. The van der Waals surface area contributed by atoms with Gasteiger partial charge in [-0.3, -0.25) is 14.5 Å². The van der Waals surface area contributed by atoms with Crippen LogP contribution in [0.5, 0.6) is 0 Å². The van der Waals surface area contributed by atoms with Crippen LogP contribution in [-0.4, -0.2) is 40.5 Å². The van der Waals surface area contributed by atoms with E-state index in [2.05, 4.69) is 0 Å². The fourth-order valence-corrected chi connectivity index (χ4v) is 2.00. The van der Waals surface area contributed by atoms with Gasteiger partial charge in [-0.1, -0.05) is 0 Å². The van der Waals surface area contributed by atoms with Crippen LogP contribution >= 0.6 is 0 Å². The molecule has 1 heterocycles. The van der Waals surface area contributed by atoms with E-state index in [0.29, 0.717) is 13.0 Å². The first-order chi connectivity index (χ1) is 6.45. The molecule has 0 aliphatic carbocycles. The van der Waals surface area contributed by atoms with Gasteiger partial charge in [0.25, 0.3) is 0 Å². The summed E-state index contributed by atoms with van der Waals surface area (Å²) in [7, 11) is 0. The van der Waals surface area contributed by atoms with Crippen LogP contribution in [0.4, 0.5) is 0 Å². The molecule has 3 atom stereocenters. The van der Waals surface area contributed by atoms with Crippen molar-refractivity contribution in [2.24, 2.45) is 11.7 Å². The number of likely N-dealkylation sites (tertiary alicyclic amines) is 1. The van der Waals surface area contributed by atoms with Crippen molar-refractivity contribution in [3.05, 3.63) is 0 Å². The van der Waals surface area contributed by atoms with E-state index in [1.54, 1.807) is 6.92 Å². The molecule has 1 aliphatic heterocycles. The van der Waals surface area contributed by atoms with E-state index in [9.17, 15) is 9.59 Å². The van der Waals surface area contributed by atoms with Gasteiger partial charge in [0.1, 0.15) is 0 Å². The molecule has 1 saturated heterocycles. The van der Waals surface area contributed by atoms with Crippen LogP contribution in [0.15, 0.2) is 0 Å². The first-order valence-electron chi connectivity index (χ1n) is 4.73. The number of carboxylic acid groups (broad SMARTS) is 1. The number of rotatable bonds is 3. The van der Waals surface area contributed by atoms with Crippen LogP contribution in [-0.2, 0) is 9.59 Å². The lowest BCUT2D eigenvalue weighted by atomic mass is 10.0. The minimum atomic E-state index is -0.795. The van der Waals surface area contributed by atoms with E-state index < -0.39 is 11.9 Å². The van der Waals surface area contributed by atoms with Crippen LogP contribution in [0.2, 0.25) is 0 Å². The molecule has 1 aliphatic rings. The summed E-state index contributed by atoms with van der Waals surface area (Å²) in [5.41, 5.74) is 5.17. The minimum Gasteiger partial charge on any atom is -0.481 e. The van der Waals surface area contributed by atoms with Crippen LogP contribution in [0, 0.1) is 5.92 Å².